The van der Waals surface area contributed by atoms with Crippen LogP contribution in [0.5, 0.6) is 0 Å². The Morgan fingerprint density at radius 1 is 0.469 bits per heavy atom. The van der Waals surface area contributed by atoms with Crippen molar-refractivity contribution in [1.29, 1.82) is 0 Å². The lowest BCUT2D eigenvalue weighted by atomic mass is 9.98. The molecule has 0 aliphatic heterocycles. The lowest BCUT2D eigenvalue weighted by Crippen LogP contribution is -1.96. The Balaban J connectivity index is 1.53. The molecule has 3 nitrogen and oxygen atoms in total. The Kier molecular flexibility index (Phi) is 5.30. The highest BCUT2D eigenvalue weighted by Crippen LogP contribution is 2.29. The first-order chi connectivity index (χ1) is 15.7. The molecule has 1 heterocycles. The molecule has 4 aromatic carbocycles. The quantitative estimate of drug-likeness (QED) is 0.314. The molecule has 0 atom stereocenters. The van der Waals surface area contributed by atoms with E-state index in [1.807, 2.05) is 12.1 Å². The summed E-state index contributed by atoms with van der Waals surface area (Å²) in [6.45, 7) is 4.26. The van der Waals surface area contributed by atoms with E-state index in [1.54, 1.807) is 6.33 Å². The van der Waals surface area contributed by atoms with Gasteiger partial charge in [-0.25, -0.2) is 15.0 Å². The lowest BCUT2D eigenvalue weighted by Gasteiger charge is -2.09. The smallest absolute Gasteiger partial charge is 0.163 e. The molecule has 1 aromatic heterocycles. The monoisotopic (exact) mass is 413 g/mol. The maximum atomic E-state index is 4.81. The summed E-state index contributed by atoms with van der Waals surface area (Å²) in [5.41, 5.74) is 9.19. The highest BCUT2D eigenvalue weighted by atomic mass is 15.0. The van der Waals surface area contributed by atoms with Crippen LogP contribution in [0.2, 0.25) is 0 Å². The van der Waals surface area contributed by atoms with E-state index < -0.39 is 0 Å². The Hall–Kier alpha value is -4.11. The van der Waals surface area contributed by atoms with Gasteiger partial charge in [0.15, 0.2) is 11.6 Å². The maximum Gasteiger partial charge on any atom is 0.163 e. The van der Waals surface area contributed by atoms with Crippen molar-refractivity contribution in [3.8, 4) is 45.0 Å². The molecule has 0 bridgehead atoms. The normalized spacial score (nSPS) is 10.8. The van der Waals surface area contributed by atoms with Gasteiger partial charge in [0.1, 0.15) is 6.33 Å². The molecule has 0 radical (unpaired) electrons. The van der Waals surface area contributed by atoms with Crippen molar-refractivity contribution >= 4 is 0 Å². The Morgan fingerprint density at radius 3 is 1.38 bits per heavy atom. The zero-order chi connectivity index (χ0) is 21.9. The van der Waals surface area contributed by atoms with Crippen molar-refractivity contribution < 1.29 is 0 Å². The minimum absolute atomic E-state index is 0.673. The molecule has 154 valence electrons. The van der Waals surface area contributed by atoms with Gasteiger partial charge in [-0.15, -0.1) is 0 Å². The van der Waals surface area contributed by atoms with E-state index in [9.17, 15) is 0 Å². The van der Waals surface area contributed by atoms with E-state index in [0.29, 0.717) is 11.6 Å². The van der Waals surface area contributed by atoms with Crippen molar-refractivity contribution in [2.75, 3.05) is 0 Å². The zero-order valence-electron chi connectivity index (χ0n) is 18.2. The predicted octanol–water partition coefficient (Wildman–Crippen LogP) is 7.16. The largest absolute Gasteiger partial charge is 0.217 e. The second kappa shape index (κ2) is 8.56. The minimum atomic E-state index is 0.673. The summed E-state index contributed by atoms with van der Waals surface area (Å²) >= 11 is 0. The van der Waals surface area contributed by atoms with Crippen LogP contribution in [0.25, 0.3) is 45.0 Å². The van der Waals surface area contributed by atoms with E-state index in [1.165, 1.54) is 22.3 Å². The minimum Gasteiger partial charge on any atom is -0.217 e. The lowest BCUT2D eigenvalue weighted by molar-refractivity contribution is 1.07. The fraction of sp³-hybridized carbons (Fsp3) is 0.0690. The highest BCUT2D eigenvalue weighted by Gasteiger charge is 2.10. The fourth-order valence-electron chi connectivity index (χ4n) is 4.02. The second-order valence-corrected chi connectivity index (χ2v) is 7.92. The van der Waals surface area contributed by atoms with Crippen LogP contribution in [0.3, 0.4) is 0 Å². The van der Waals surface area contributed by atoms with E-state index in [4.69, 9.17) is 4.98 Å². The summed E-state index contributed by atoms with van der Waals surface area (Å²) in [6, 6.07) is 33.5. The predicted molar refractivity (Wildman–Crippen MR) is 131 cm³/mol. The van der Waals surface area contributed by atoms with Gasteiger partial charge in [-0.05, 0) is 59.4 Å². The van der Waals surface area contributed by atoms with Gasteiger partial charge in [0, 0.05) is 11.1 Å². The highest BCUT2D eigenvalue weighted by molar-refractivity contribution is 5.74. The molecule has 0 amide bonds. The van der Waals surface area contributed by atoms with Crippen LogP contribution in [0.15, 0.2) is 103 Å². The molecular weight excluding hydrogens is 390 g/mol. The van der Waals surface area contributed by atoms with Crippen LogP contribution in [0, 0.1) is 13.8 Å². The van der Waals surface area contributed by atoms with Crippen molar-refractivity contribution in [2.45, 2.75) is 13.8 Å². The average Bonchev–Trinajstić information content (AvgIpc) is 2.85. The molecule has 5 rings (SSSR count). The van der Waals surface area contributed by atoms with Gasteiger partial charge in [-0.1, -0.05) is 84.9 Å². The summed E-state index contributed by atoms with van der Waals surface area (Å²) in [4.78, 5) is 13.7. The van der Waals surface area contributed by atoms with Crippen LogP contribution in [-0.2, 0) is 0 Å². The first-order valence-corrected chi connectivity index (χ1v) is 10.7. The third-order valence-electron chi connectivity index (χ3n) is 5.73. The van der Waals surface area contributed by atoms with Gasteiger partial charge in [0.2, 0.25) is 0 Å². The molecule has 3 heteroatoms. The van der Waals surface area contributed by atoms with Crippen molar-refractivity contribution in [1.82, 2.24) is 15.0 Å². The van der Waals surface area contributed by atoms with Crippen molar-refractivity contribution in [3.05, 3.63) is 115 Å². The van der Waals surface area contributed by atoms with Gasteiger partial charge in [-0.3, -0.25) is 0 Å². The Bertz CT molecular complexity index is 1300. The number of aromatic nitrogens is 3. The Morgan fingerprint density at radius 2 is 0.906 bits per heavy atom. The van der Waals surface area contributed by atoms with Gasteiger partial charge >= 0.3 is 0 Å². The molecule has 5 aromatic rings. The summed E-state index contributed by atoms with van der Waals surface area (Å²) in [6.07, 6.45) is 1.60. The average molecular weight is 414 g/mol. The molecule has 0 saturated carbocycles. The first-order valence-electron chi connectivity index (χ1n) is 10.7. The molecule has 0 unspecified atom stereocenters. The number of benzene rings is 4. The van der Waals surface area contributed by atoms with Crippen LogP contribution in [0.4, 0.5) is 0 Å². The van der Waals surface area contributed by atoms with E-state index >= 15 is 0 Å². The molecule has 0 N–H and O–H groups in total. The van der Waals surface area contributed by atoms with Crippen molar-refractivity contribution in [2.24, 2.45) is 0 Å². The molecule has 0 aliphatic rings. The van der Waals surface area contributed by atoms with Crippen LogP contribution >= 0.6 is 0 Å². The third kappa shape index (κ3) is 3.93. The van der Waals surface area contributed by atoms with Crippen LogP contribution in [0.1, 0.15) is 11.1 Å². The molecule has 0 spiro atoms. The number of hydrogen-bond donors (Lipinski definition) is 0. The summed E-state index contributed by atoms with van der Waals surface area (Å²) in [5.74, 6) is 1.35. The standard InChI is InChI=1S/C29H23N3/c1-20-9-3-5-15-26(20)22-11-7-13-24(17-22)28-30-19-31-29(32-28)25-14-8-12-23(18-25)27-16-6-4-10-21(27)2/h3-19H,1-2H3. The van der Waals surface area contributed by atoms with Crippen LogP contribution in [-0.4, -0.2) is 15.0 Å². The van der Waals surface area contributed by atoms with E-state index in [2.05, 4.69) is 109 Å². The number of rotatable bonds is 4. The summed E-state index contributed by atoms with van der Waals surface area (Å²) in [5, 5.41) is 0. The van der Waals surface area contributed by atoms with Gasteiger partial charge in [0.05, 0.1) is 0 Å². The molecule has 32 heavy (non-hydrogen) atoms. The first kappa shape index (κ1) is 19.8. The van der Waals surface area contributed by atoms with Gasteiger partial charge in [0.25, 0.3) is 0 Å². The Labute approximate surface area is 188 Å². The molecule has 0 aliphatic carbocycles. The summed E-state index contributed by atoms with van der Waals surface area (Å²) in [7, 11) is 0. The molecule has 0 fully saturated rings. The third-order valence-corrected chi connectivity index (χ3v) is 5.73. The molecular formula is C29H23N3. The SMILES string of the molecule is Cc1ccccc1-c1cccc(-c2ncnc(-c3cccc(-c4ccccc4C)c3)n2)c1. The van der Waals surface area contributed by atoms with E-state index in [0.717, 1.165) is 22.3 Å². The topological polar surface area (TPSA) is 38.7 Å². The maximum absolute atomic E-state index is 4.81. The van der Waals surface area contributed by atoms with Gasteiger partial charge < -0.3 is 0 Å². The number of hydrogen-bond acceptors (Lipinski definition) is 3. The van der Waals surface area contributed by atoms with E-state index in [-0.39, 0.29) is 0 Å². The fourth-order valence-corrected chi connectivity index (χ4v) is 4.02. The number of aryl methyl sites for hydroxylation is 2. The van der Waals surface area contributed by atoms with Crippen LogP contribution < -0.4 is 0 Å². The zero-order valence-corrected chi connectivity index (χ0v) is 18.2. The number of nitrogens with zero attached hydrogens (tertiary/aromatic N) is 3. The summed E-state index contributed by atoms with van der Waals surface area (Å²) < 4.78 is 0. The van der Waals surface area contributed by atoms with Crippen molar-refractivity contribution in [3.63, 3.8) is 0 Å². The second-order valence-electron chi connectivity index (χ2n) is 7.92. The molecule has 0 saturated heterocycles. The van der Waals surface area contributed by atoms with Gasteiger partial charge in [-0.2, -0.15) is 0 Å².